The zero-order valence-electron chi connectivity index (χ0n) is 2.09. The summed E-state index contributed by atoms with van der Waals surface area (Å²) in [5.41, 5.74) is 0. The first kappa shape index (κ1) is 22.5. The topological polar surface area (TPSA) is 74.6 Å². The van der Waals surface area contributed by atoms with Gasteiger partial charge in [0, 0.05) is 0 Å². The van der Waals surface area contributed by atoms with Crippen LogP contribution in [0.1, 0.15) is 0 Å². The Morgan fingerprint density at radius 2 is 1.12 bits per heavy atom. The van der Waals surface area contributed by atoms with E-state index in [-0.39, 0.29) is 99.8 Å². The Labute approximate surface area is 126 Å². The third-order valence-electron chi connectivity index (χ3n) is 0. The van der Waals surface area contributed by atoms with Gasteiger partial charge in [0.2, 0.25) is 0 Å². The molecule has 0 aromatic carbocycles. The Balaban J connectivity index is -0.0000000267. The van der Waals surface area contributed by atoms with Crippen molar-refractivity contribution in [3.8, 4) is 0 Å². The van der Waals surface area contributed by atoms with Gasteiger partial charge < -0.3 is 0 Å². The molecule has 0 spiro atoms. The molecule has 0 atom stereocenters. The Bertz CT molecular complexity index is 99.2. The minimum absolute atomic E-state index is 0. The van der Waals surface area contributed by atoms with Crippen molar-refractivity contribution in [3.05, 3.63) is 0 Å². The Hall–Kier alpha value is 3.27. The fourth-order valence-corrected chi connectivity index (χ4v) is 0. The summed E-state index contributed by atoms with van der Waals surface area (Å²) in [7, 11) is 0. The molecule has 0 aromatic heterocycles. The van der Waals surface area contributed by atoms with Gasteiger partial charge in [0.25, 0.3) is 0 Å². The molecular weight excluding hydrogens is 188 g/mol. The van der Waals surface area contributed by atoms with E-state index in [1.54, 1.807) is 0 Å². The molecule has 8 heteroatoms. The van der Waals surface area contributed by atoms with Crippen molar-refractivity contribution in [1.82, 2.24) is 0 Å². The normalized spacial score (nSPS) is 7.25. The average Bonchev–Trinajstić information content (AvgIpc) is 0.722. The number of hydrogen-bond donors (Lipinski definition) is 2. The molecule has 8 heavy (non-hydrogen) atoms. The fraction of sp³-hybridized carbons (Fsp3) is 0. The molecule has 2 N–H and O–H groups in total. The molecule has 0 saturated carbocycles. The Morgan fingerprint density at radius 1 is 1.12 bits per heavy atom. The minimum atomic E-state index is -5.12. The van der Waals surface area contributed by atoms with Gasteiger partial charge in [0.05, 0.1) is 0 Å². The summed E-state index contributed by atoms with van der Waals surface area (Å²) in [5, 5.41) is 0. The van der Waals surface area contributed by atoms with Gasteiger partial charge in [-0.15, -0.1) is 0 Å². The second-order valence-corrected chi connectivity index (χ2v) is 1.71. The van der Waals surface area contributed by atoms with Crippen molar-refractivity contribution in [3.63, 3.8) is 0 Å². The van der Waals surface area contributed by atoms with Crippen LogP contribution in [0.4, 0.5) is 0 Å². The molecule has 0 fully saturated rings. The van der Waals surface area contributed by atoms with Gasteiger partial charge in [0.1, 0.15) is 0 Å². The Morgan fingerprint density at radius 3 is 1.12 bits per heavy atom. The predicted molar refractivity (Wildman–Crippen MR) is 27.3 cm³/mol. The molecule has 0 aliphatic carbocycles. The molecule has 0 aliphatic rings. The molecule has 0 unspecified atom stereocenters. The van der Waals surface area contributed by atoms with Crippen LogP contribution in [0.3, 0.4) is 0 Å². The fourth-order valence-electron chi connectivity index (χ4n) is 0. The van der Waals surface area contributed by atoms with Crippen LogP contribution < -0.4 is 0 Å². The zero-order valence-corrected chi connectivity index (χ0v) is 3.27. The van der Waals surface area contributed by atoms with Gasteiger partial charge in [0.15, 0.2) is 0 Å². The molecule has 0 radical (unpaired) electrons. The molecule has 0 aliphatic heterocycles. The molecule has 0 amide bonds. The maximum atomic E-state index is 8.80. The summed E-state index contributed by atoms with van der Waals surface area (Å²) in [5.74, 6) is 0. The third-order valence-corrected chi connectivity index (χ3v) is 0. The van der Waals surface area contributed by atoms with Crippen LogP contribution in [0.25, 0.3) is 0 Å². The summed E-state index contributed by atoms with van der Waals surface area (Å²) in [6.45, 7) is 0. The quantitative estimate of drug-likeness (QED) is 0.395. The molecular formula is H5KLiMnNaO4. The van der Waals surface area contributed by atoms with E-state index in [1.165, 1.54) is 0 Å². The first-order valence-corrected chi connectivity index (χ1v) is 2.67. The van der Waals surface area contributed by atoms with E-state index in [1.807, 2.05) is 0 Å². The summed E-state index contributed by atoms with van der Waals surface area (Å²) in [4.78, 5) is 0. The van der Waals surface area contributed by atoms with Crippen molar-refractivity contribution < 1.29 is 29.4 Å². The summed E-state index contributed by atoms with van der Waals surface area (Å²) in [6.07, 6.45) is 0. The maximum absolute atomic E-state index is 8.80. The van der Waals surface area contributed by atoms with E-state index in [0.29, 0.717) is 0 Å². The van der Waals surface area contributed by atoms with Gasteiger partial charge in [-0.25, -0.2) is 0 Å². The average molecular weight is 193 g/mol. The van der Waals surface area contributed by atoms with Crippen LogP contribution in [0, 0.1) is 0 Å². The molecule has 0 bridgehead atoms. The molecule has 0 saturated heterocycles. The van der Waals surface area contributed by atoms with Crippen LogP contribution in [-0.2, 0) is 21.0 Å². The first-order chi connectivity index (χ1) is 2.00. The number of rotatable bonds is 0. The van der Waals surface area contributed by atoms with Crippen LogP contribution in [0.2, 0.25) is 0 Å². The monoisotopic (exact) mass is 193 g/mol. The van der Waals surface area contributed by atoms with E-state index < -0.39 is 13.4 Å². The van der Waals surface area contributed by atoms with Gasteiger partial charge >= 0.3 is 129 Å². The predicted octanol–water partition coefficient (Wildman–Crippen LogP) is -3.30. The molecule has 39 valence electrons. The summed E-state index contributed by atoms with van der Waals surface area (Å²) < 4.78 is 31.8. The van der Waals surface area contributed by atoms with E-state index in [9.17, 15) is 0 Å². The Kier molecular flexibility index (Phi) is 28.9. The van der Waals surface area contributed by atoms with Gasteiger partial charge in [-0.2, -0.15) is 0 Å². The van der Waals surface area contributed by atoms with Crippen LogP contribution in [0.5, 0.6) is 0 Å². The SMILES string of the molecule is [KH].[LiH].[NaH].[O]=[Mn](=[O])([OH])[OH]. The van der Waals surface area contributed by atoms with Crippen molar-refractivity contribution in [1.29, 1.82) is 0 Å². The molecule has 4 nitrogen and oxygen atoms in total. The second-order valence-electron chi connectivity index (χ2n) is 0.415. The van der Waals surface area contributed by atoms with Gasteiger partial charge in [-0.05, 0) is 0 Å². The second kappa shape index (κ2) is 10.3. The first-order valence-electron chi connectivity index (χ1n) is 0.647. The van der Waals surface area contributed by atoms with Crippen molar-refractivity contribution in [2.24, 2.45) is 0 Å². The standard InChI is InChI=1S/K.Li.Mn.Na.2H2O.2O.3H/h;;;;2*1H2;;;;;/q;;+2;;;;;;;;/p-2. The summed E-state index contributed by atoms with van der Waals surface area (Å²) in [6, 6.07) is 0. The third kappa shape index (κ3) is 59.2. The zero-order chi connectivity index (χ0) is 4.50. The van der Waals surface area contributed by atoms with E-state index in [2.05, 4.69) is 0 Å². The molecule has 0 heterocycles. The van der Waals surface area contributed by atoms with E-state index >= 15 is 0 Å². The van der Waals surface area contributed by atoms with Gasteiger partial charge in [-0.3, -0.25) is 0 Å². The van der Waals surface area contributed by atoms with Crippen molar-refractivity contribution in [2.45, 2.75) is 0 Å². The van der Waals surface area contributed by atoms with Crippen LogP contribution in [0.15, 0.2) is 0 Å². The number of hydrogen-bond acceptors (Lipinski definition) is 2. The summed E-state index contributed by atoms with van der Waals surface area (Å²) >= 11 is -5.12. The van der Waals surface area contributed by atoms with Crippen molar-refractivity contribution >= 4 is 99.8 Å². The van der Waals surface area contributed by atoms with E-state index in [0.717, 1.165) is 0 Å². The van der Waals surface area contributed by atoms with Gasteiger partial charge in [-0.1, -0.05) is 0 Å². The van der Waals surface area contributed by atoms with Crippen LogP contribution in [-0.4, -0.2) is 108 Å². The van der Waals surface area contributed by atoms with Crippen LogP contribution >= 0.6 is 0 Å². The molecule has 0 aromatic rings. The van der Waals surface area contributed by atoms with Crippen molar-refractivity contribution in [2.75, 3.05) is 0 Å². The molecule has 0 rings (SSSR count). The van der Waals surface area contributed by atoms with E-state index in [4.69, 9.17) is 16.0 Å².